The Hall–Kier alpha value is -5.14. The van der Waals surface area contributed by atoms with Crippen LogP contribution in [0.15, 0.2) is 132 Å². The largest absolute Gasteiger partial charge is 0.456 e. The minimum absolute atomic E-state index is 0.00209. The molecule has 1 atom stereocenters. The second-order valence-corrected chi connectivity index (χ2v) is 13.4. The Morgan fingerprint density at radius 2 is 1.33 bits per heavy atom. The van der Waals surface area contributed by atoms with Crippen molar-refractivity contribution in [3.63, 3.8) is 0 Å². The standard InChI is InChI=1S/C44H34O/c1-27-17-20-35-37(23-27)43(34-15-8-7-14-33(34)42(35)28-11-5-4-6-12-28)30-19-22-40-31(24-30)26-41(45-40)29-18-21-39-36(25-29)32-13-9-10-16-38(32)44(39,2)3/h4-22,24-27H,23H2,1-3H3. The first-order valence-electron chi connectivity index (χ1n) is 16.1. The number of hydrogen-bond acceptors (Lipinski definition) is 1. The number of furan rings is 1. The van der Waals surface area contributed by atoms with Crippen molar-refractivity contribution >= 4 is 27.8 Å². The smallest absolute Gasteiger partial charge is 0.135 e. The van der Waals surface area contributed by atoms with Crippen LogP contribution in [0, 0.1) is 5.92 Å². The van der Waals surface area contributed by atoms with Crippen molar-refractivity contribution in [1.82, 2.24) is 0 Å². The summed E-state index contributed by atoms with van der Waals surface area (Å²) in [5.41, 5.74) is 15.4. The monoisotopic (exact) mass is 578 g/mol. The minimum atomic E-state index is -0.00209. The van der Waals surface area contributed by atoms with Gasteiger partial charge in [0.1, 0.15) is 11.3 Å². The third kappa shape index (κ3) is 3.93. The molecule has 6 aromatic carbocycles. The number of benzene rings is 6. The van der Waals surface area contributed by atoms with Gasteiger partial charge in [-0.3, -0.25) is 0 Å². The van der Waals surface area contributed by atoms with Crippen molar-refractivity contribution in [2.24, 2.45) is 5.92 Å². The van der Waals surface area contributed by atoms with E-state index in [0.29, 0.717) is 5.92 Å². The molecule has 45 heavy (non-hydrogen) atoms. The molecule has 0 radical (unpaired) electrons. The molecule has 0 spiro atoms. The Kier molecular flexibility index (Phi) is 5.65. The molecule has 2 aliphatic carbocycles. The fourth-order valence-corrected chi connectivity index (χ4v) is 8.02. The average Bonchev–Trinajstić information content (AvgIpc) is 3.60. The van der Waals surface area contributed by atoms with Crippen LogP contribution in [0.1, 0.15) is 43.0 Å². The van der Waals surface area contributed by atoms with Crippen LogP contribution in [0.5, 0.6) is 0 Å². The molecular weight excluding hydrogens is 544 g/mol. The van der Waals surface area contributed by atoms with Crippen LogP contribution >= 0.6 is 0 Å². The van der Waals surface area contributed by atoms with E-state index in [9.17, 15) is 0 Å². The van der Waals surface area contributed by atoms with Gasteiger partial charge in [0.25, 0.3) is 0 Å². The van der Waals surface area contributed by atoms with Gasteiger partial charge in [-0.1, -0.05) is 130 Å². The van der Waals surface area contributed by atoms with Crippen LogP contribution in [0.25, 0.3) is 72.5 Å². The normalized spacial score (nSPS) is 16.1. The summed E-state index contributed by atoms with van der Waals surface area (Å²) in [6.45, 7) is 6.97. The number of hydrogen-bond donors (Lipinski definition) is 0. The molecule has 1 aromatic heterocycles. The maximum atomic E-state index is 6.53. The van der Waals surface area contributed by atoms with Gasteiger partial charge in [0, 0.05) is 16.4 Å². The molecule has 0 aliphatic heterocycles. The predicted octanol–water partition coefficient (Wildman–Crippen LogP) is 12.1. The lowest BCUT2D eigenvalue weighted by Crippen LogP contribution is -2.14. The molecule has 7 aromatic rings. The fourth-order valence-electron chi connectivity index (χ4n) is 8.02. The lowest BCUT2D eigenvalue weighted by Gasteiger charge is -2.26. The maximum Gasteiger partial charge on any atom is 0.135 e. The highest BCUT2D eigenvalue weighted by atomic mass is 16.3. The van der Waals surface area contributed by atoms with Crippen LogP contribution in [0.2, 0.25) is 0 Å². The van der Waals surface area contributed by atoms with Crippen LogP contribution in [0.4, 0.5) is 0 Å². The molecule has 0 N–H and O–H groups in total. The zero-order chi connectivity index (χ0) is 30.3. The van der Waals surface area contributed by atoms with Crippen LogP contribution in [-0.2, 0) is 11.8 Å². The van der Waals surface area contributed by atoms with Crippen molar-refractivity contribution in [2.45, 2.75) is 32.6 Å². The maximum absolute atomic E-state index is 6.53. The summed E-state index contributed by atoms with van der Waals surface area (Å²) in [5.74, 6) is 1.40. The molecule has 0 saturated carbocycles. The SMILES string of the molecule is CC1C=Cc2c(c(-c3ccc4oc(-c5ccc6c(c5)-c5ccccc5C6(C)C)cc4c3)c3ccccc3c2-c2ccccc2)C1. The Labute approximate surface area is 264 Å². The predicted molar refractivity (Wildman–Crippen MR) is 189 cm³/mol. The van der Waals surface area contributed by atoms with Gasteiger partial charge in [-0.25, -0.2) is 0 Å². The van der Waals surface area contributed by atoms with Gasteiger partial charge < -0.3 is 4.42 Å². The van der Waals surface area contributed by atoms with E-state index < -0.39 is 0 Å². The first-order chi connectivity index (χ1) is 22.0. The van der Waals surface area contributed by atoms with Gasteiger partial charge in [-0.2, -0.15) is 0 Å². The number of fused-ring (bicyclic) bond motifs is 6. The van der Waals surface area contributed by atoms with E-state index in [1.807, 2.05) is 0 Å². The first-order valence-corrected chi connectivity index (χ1v) is 16.1. The second kappa shape index (κ2) is 9.68. The van der Waals surface area contributed by atoms with Crippen LogP contribution in [0.3, 0.4) is 0 Å². The van der Waals surface area contributed by atoms with Gasteiger partial charge in [0.2, 0.25) is 0 Å². The summed E-state index contributed by atoms with van der Waals surface area (Å²) in [6.07, 6.45) is 5.76. The molecule has 1 unspecified atom stereocenters. The molecule has 0 bridgehead atoms. The van der Waals surface area contributed by atoms with E-state index in [1.165, 1.54) is 66.4 Å². The van der Waals surface area contributed by atoms with E-state index in [4.69, 9.17) is 4.42 Å². The van der Waals surface area contributed by atoms with Crippen molar-refractivity contribution in [3.05, 3.63) is 150 Å². The zero-order valence-electron chi connectivity index (χ0n) is 25.9. The fraction of sp³-hybridized carbons (Fsp3) is 0.136. The summed E-state index contributed by atoms with van der Waals surface area (Å²) < 4.78 is 6.53. The van der Waals surface area contributed by atoms with E-state index in [1.54, 1.807) is 0 Å². The lowest BCUT2D eigenvalue weighted by atomic mass is 9.78. The molecule has 0 saturated heterocycles. The number of allylic oxidation sites excluding steroid dienone is 1. The molecule has 216 valence electrons. The van der Waals surface area contributed by atoms with Gasteiger partial charge in [-0.15, -0.1) is 0 Å². The zero-order valence-corrected chi connectivity index (χ0v) is 25.9. The highest BCUT2D eigenvalue weighted by Gasteiger charge is 2.35. The lowest BCUT2D eigenvalue weighted by molar-refractivity contribution is 0.631. The first kappa shape index (κ1) is 26.3. The highest BCUT2D eigenvalue weighted by Crippen LogP contribution is 2.50. The Morgan fingerprint density at radius 1 is 0.622 bits per heavy atom. The Bertz CT molecular complexity index is 2330. The Balaban J connectivity index is 1.21. The molecular formula is C44H34O. The van der Waals surface area contributed by atoms with Gasteiger partial charge >= 0.3 is 0 Å². The summed E-state index contributed by atoms with van der Waals surface area (Å²) >= 11 is 0. The van der Waals surface area contributed by atoms with E-state index in [2.05, 4.69) is 154 Å². The summed E-state index contributed by atoms with van der Waals surface area (Å²) in [6, 6.07) is 44.4. The average molecular weight is 579 g/mol. The summed E-state index contributed by atoms with van der Waals surface area (Å²) in [7, 11) is 0. The minimum Gasteiger partial charge on any atom is -0.456 e. The summed E-state index contributed by atoms with van der Waals surface area (Å²) in [5, 5.41) is 3.74. The molecule has 1 nitrogen and oxygen atoms in total. The van der Waals surface area contributed by atoms with Crippen LogP contribution < -0.4 is 0 Å². The summed E-state index contributed by atoms with van der Waals surface area (Å²) in [4.78, 5) is 0. The van der Waals surface area contributed by atoms with Gasteiger partial charge in [-0.05, 0) is 103 Å². The molecule has 1 heteroatoms. The Morgan fingerprint density at radius 3 is 2.18 bits per heavy atom. The molecule has 0 amide bonds. The van der Waals surface area contributed by atoms with Gasteiger partial charge in [0.15, 0.2) is 0 Å². The quantitative estimate of drug-likeness (QED) is 0.203. The molecule has 2 aliphatic rings. The van der Waals surface area contributed by atoms with Crippen LogP contribution in [-0.4, -0.2) is 0 Å². The van der Waals surface area contributed by atoms with E-state index >= 15 is 0 Å². The van der Waals surface area contributed by atoms with Crippen molar-refractivity contribution in [1.29, 1.82) is 0 Å². The molecule has 9 rings (SSSR count). The highest BCUT2D eigenvalue weighted by molar-refractivity contribution is 6.10. The van der Waals surface area contributed by atoms with E-state index in [-0.39, 0.29) is 5.41 Å². The molecule has 0 fully saturated rings. The third-order valence-electron chi connectivity index (χ3n) is 10.2. The van der Waals surface area contributed by atoms with Crippen molar-refractivity contribution in [2.75, 3.05) is 0 Å². The second-order valence-electron chi connectivity index (χ2n) is 13.4. The van der Waals surface area contributed by atoms with Crippen molar-refractivity contribution < 1.29 is 4.42 Å². The van der Waals surface area contributed by atoms with E-state index in [0.717, 1.165) is 28.7 Å². The van der Waals surface area contributed by atoms with Crippen molar-refractivity contribution in [3.8, 4) is 44.7 Å². The number of rotatable bonds is 3. The molecule has 1 heterocycles. The topological polar surface area (TPSA) is 13.1 Å². The third-order valence-corrected chi connectivity index (χ3v) is 10.2. The van der Waals surface area contributed by atoms with Gasteiger partial charge in [0.05, 0.1) is 0 Å².